The van der Waals surface area contributed by atoms with Gasteiger partial charge in [0.2, 0.25) is 0 Å². The molecule has 0 aliphatic carbocycles. The summed E-state index contributed by atoms with van der Waals surface area (Å²) in [7, 11) is -2.04. The van der Waals surface area contributed by atoms with Gasteiger partial charge in [-0.1, -0.05) is 97.1 Å². The van der Waals surface area contributed by atoms with Gasteiger partial charge in [0.25, 0.3) is 0 Å². The Balaban J connectivity index is 1.38. The van der Waals surface area contributed by atoms with Crippen molar-refractivity contribution in [1.29, 1.82) is 0 Å². The molecule has 7 heteroatoms. The van der Waals surface area contributed by atoms with Gasteiger partial charge < -0.3 is 23.0 Å². The third kappa shape index (κ3) is 9.20. The molecule has 0 aliphatic rings. The molecule has 0 heterocycles. The average molecular weight is 711 g/mol. The minimum absolute atomic E-state index is 0.397. The highest BCUT2D eigenvalue weighted by Gasteiger charge is 2.27. The zero-order valence-electron chi connectivity index (χ0n) is 30.6. The predicted octanol–water partition coefficient (Wildman–Crippen LogP) is 13.0. The van der Waals surface area contributed by atoms with Gasteiger partial charge in [0.15, 0.2) is 0 Å². The van der Waals surface area contributed by atoms with Crippen molar-refractivity contribution in [3.8, 4) is 56.4 Å². The average Bonchev–Trinajstić information content (AvgIpc) is 3.11. The van der Waals surface area contributed by atoms with E-state index in [-0.39, 0.29) is 0 Å². The summed E-state index contributed by atoms with van der Waals surface area (Å²) >= 11 is 0. The first kappa shape index (κ1) is 36.2. The standard InChI is InChI=1S/C45H43O6P/c1-30-26-32(3)42(47-44(46)48-45(5,6)7)40(28-30)41-29-31(2)27-33(4)43(41)51-52(49-38-22-18-36(19-23-38)34-14-10-8-11-15-34)50-39-24-20-37(21-25-39)35-16-12-9-13-17-35/h8-29H,1-7H3. The first-order chi connectivity index (χ1) is 24.9. The first-order valence-corrected chi connectivity index (χ1v) is 18.3. The van der Waals surface area contributed by atoms with Crippen molar-refractivity contribution in [3.63, 3.8) is 0 Å². The van der Waals surface area contributed by atoms with Crippen LogP contribution in [-0.4, -0.2) is 11.8 Å². The maximum absolute atomic E-state index is 13.0. The lowest BCUT2D eigenvalue weighted by Crippen LogP contribution is -2.26. The number of carbonyl (C=O) groups is 1. The molecule has 6 aromatic rings. The number of rotatable bonds is 10. The van der Waals surface area contributed by atoms with Gasteiger partial charge in [-0.15, -0.1) is 0 Å². The molecule has 0 saturated carbocycles. The van der Waals surface area contributed by atoms with Crippen LogP contribution in [-0.2, 0) is 4.74 Å². The van der Waals surface area contributed by atoms with Crippen LogP contribution in [0.4, 0.5) is 4.79 Å². The third-order valence-corrected chi connectivity index (χ3v) is 9.20. The highest BCUT2D eigenvalue weighted by Crippen LogP contribution is 2.49. The van der Waals surface area contributed by atoms with E-state index < -0.39 is 20.4 Å². The molecule has 0 unspecified atom stereocenters. The van der Waals surface area contributed by atoms with Crippen LogP contribution >= 0.6 is 8.60 Å². The van der Waals surface area contributed by atoms with Crippen LogP contribution in [0.25, 0.3) is 33.4 Å². The molecule has 0 fully saturated rings. The highest BCUT2D eigenvalue weighted by atomic mass is 31.2. The fraction of sp³-hybridized carbons (Fsp3) is 0.178. The SMILES string of the molecule is Cc1cc(C)c(OC(=O)OC(C)(C)C)c(-c2cc(C)cc(C)c2OP(Oc2ccc(-c3ccccc3)cc2)Oc2ccc(-c3ccccc3)cc2)c1. The van der Waals surface area contributed by atoms with Crippen molar-refractivity contribution in [2.24, 2.45) is 0 Å². The molecule has 0 bridgehead atoms. The van der Waals surface area contributed by atoms with E-state index in [0.717, 1.165) is 50.1 Å². The molecule has 52 heavy (non-hydrogen) atoms. The van der Waals surface area contributed by atoms with Crippen LogP contribution in [0, 0.1) is 27.7 Å². The normalized spacial score (nSPS) is 11.2. The Hall–Kier alpha value is -5.58. The molecule has 0 N–H and O–H groups in total. The summed E-state index contributed by atoms with van der Waals surface area (Å²) in [4.78, 5) is 13.0. The number of carbonyl (C=O) groups excluding carboxylic acids is 1. The lowest BCUT2D eigenvalue weighted by atomic mass is 9.95. The molecule has 6 nitrogen and oxygen atoms in total. The van der Waals surface area contributed by atoms with Crippen molar-refractivity contribution in [2.75, 3.05) is 0 Å². The molecule has 0 saturated heterocycles. The van der Waals surface area contributed by atoms with E-state index in [1.54, 1.807) is 20.8 Å². The number of hydrogen-bond acceptors (Lipinski definition) is 6. The molecule has 6 aromatic carbocycles. The Morgan fingerprint density at radius 3 is 1.35 bits per heavy atom. The summed E-state index contributed by atoms with van der Waals surface area (Å²) in [6.07, 6.45) is -0.778. The van der Waals surface area contributed by atoms with E-state index in [0.29, 0.717) is 28.6 Å². The molecule has 0 amide bonds. The van der Waals surface area contributed by atoms with Crippen molar-refractivity contribution >= 4 is 14.8 Å². The number of aryl methyl sites for hydroxylation is 4. The van der Waals surface area contributed by atoms with E-state index in [1.165, 1.54) is 0 Å². The van der Waals surface area contributed by atoms with Gasteiger partial charge in [-0.3, -0.25) is 0 Å². The second-order valence-electron chi connectivity index (χ2n) is 13.8. The van der Waals surface area contributed by atoms with Crippen molar-refractivity contribution in [1.82, 2.24) is 0 Å². The lowest BCUT2D eigenvalue weighted by molar-refractivity contribution is 0.0205. The van der Waals surface area contributed by atoms with Crippen molar-refractivity contribution in [2.45, 2.75) is 54.1 Å². The number of hydrogen-bond donors (Lipinski definition) is 0. The second kappa shape index (κ2) is 15.8. The monoisotopic (exact) mass is 710 g/mol. The van der Waals surface area contributed by atoms with Crippen molar-refractivity contribution < 1.29 is 27.8 Å². The van der Waals surface area contributed by atoms with E-state index in [9.17, 15) is 4.79 Å². The molecule has 0 atom stereocenters. The Morgan fingerprint density at radius 1 is 0.500 bits per heavy atom. The van der Waals surface area contributed by atoms with Gasteiger partial charge in [-0.05, 0) is 129 Å². The number of benzene rings is 6. The molecular weight excluding hydrogens is 667 g/mol. The summed E-state index contributed by atoms with van der Waals surface area (Å²) in [6, 6.07) is 44.2. The van der Waals surface area contributed by atoms with Crippen LogP contribution in [0.2, 0.25) is 0 Å². The maximum atomic E-state index is 13.0. The minimum Gasteiger partial charge on any atom is -0.428 e. The molecule has 0 spiro atoms. The second-order valence-corrected chi connectivity index (χ2v) is 14.8. The van der Waals surface area contributed by atoms with Gasteiger partial charge in [0, 0.05) is 11.1 Å². The largest absolute Gasteiger partial charge is 0.530 e. The number of ether oxygens (including phenoxy) is 2. The van der Waals surface area contributed by atoms with Crippen LogP contribution in [0.15, 0.2) is 133 Å². The van der Waals surface area contributed by atoms with Gasteiger partial charge in [0.05, 0.1) is 0 Å². The van der Waals surface area contributed by atoms with Gasteiger partial charge in [-0.25, -0.2) is 4.79 Å². The molecule has 0 radical (unpaired) electrons. The Bertz CT molecular complexity index is 2050. The van der Waals surface area contributed by atoms with Gasteiger partial charge in [-0.2, -0.15) is 0 Å². The smallest absolute Gasteiger partial charge is 0.428 e. The Morgan fingerprint density at radius 2 is 0.904 bits per heavy atom. The zero-order valence-corrected chi connectivity index (χ0v) is 31.5. The van der Waals surface area contributed by atoms with E-state index in [4.69, 9.17) is 23.0 Å². The molecule has 0 aromatic heterocycles. The lowest BCUT2D eigenvalue weighted by Gasteiger charge is -2.23. The Labute approximate surface area is 307 Å². The summed E-state index contributed by atoms with van der Waals surface area (Å²) < 4.78 is 31.3. The summed E-state index contributed by atoms with van der Waals surface area (Å²) in [5, 5.41) is 0. The summed E-state index contributed by atoms with van der Waals surface area (Å²) in [6.45, 7) is 13.3. The predicted molar refractivity (Wildman–Crippen MR) is 210 cm³/mol. The van der Waals surface area contributed by atoms with E-state index in [2.05, 4.69) is 24.3 Å². The van der Waals surface area contributed by atoms with Crippen LogP contribution in [0.1, 0.15) is 43.0 Å². The highest BCUT2D eigenvalue weighted by molar-refractivity contribution is 7.43. The molecule has 264 valence electrons. The first-order valence-electron chi connectivity index (χ1n) is 17.2. The third-order valence-electron chi connectivity index (χ3n) is 8.15. The fourth-order valence-corrected chi connectivity index (χ4v) is 6.99. The molecule has 6 rings (SSSR count). The molecule has 0 aliphatic heterocycles. The van der Waals surface area contributed by atoms with Crippen LogP contribution in [0.5, 0.6) is 23.0 Å². The topological polar surface area (TPSA) is 63.2 Å². The summed E-state index contributed by atoms with van der Waals surface area (Å²) in [5.41, 5.74) is 8.75. The van der Waals surface area contributed by atoms with Crippen molar-refractivity contribution in [3.05, 3.63) is 156 Å². The van der Waals surface area contributed by atoms with Crippen LogP contribution in [0.3, 0.4) is 0 Å². The minimum atomic E-state index is -2.04. The van der Waals surface area contributed by atoms with Gasteiger partial charge in [0.1, 0.15) is 28.6 Å². The van der Waals surface area contributed by atoms with Crippen LogP contribution < -0.4 is 18.3 Å². The quantitative estimate of drug-likeness (QED) is 0.0801. The fourth-order valence-electron chi connectivity index (χ4n) is 5.90. The maximum Gasteiger partial charge on any atom is 0.530 e. The van der Waals surface area contributed by atoms with E-state index >= 15 is 0 Å². The van der Waals surface area contributed by atoms with E-state index in [1.807, 2.05) is 137 Å². The Kier molecular flexibility index (Phi) is 11.0. The zero-order chi connectivity index (χ0) is 36.8. The molecular formula is C45H43O6P. The summed E-state index contributed by atoms with van der Waals surface area (Å²) in [5.74, 6) is 2.14. The van der Waals surface area contributed by atoms with Gasteiger partial charge >= 0.3 is 14.8 Å².